The Kier molecular flexibility index (Phi) is 7.45. The van der Waals surface area contributed by atoms with Gasteiger partial charge < -0.3 is 0 Å². The summed E-state index contributed by atoms with van der Waals surface area (Å²) in [6.45, 7) is 4.87. The Morgan fingerprint density at radius 1 is 0.688 bits per heavy atom. The molecule has 0 unspecified atom stereocenters. The van der Waals surface area contributed by atoms with Gasteiger partial charge in [-0.05, 0) is 29.7 Å². The van der Waals surface area contributed by atoms with Crippen LogP contribution >= 0.6 is 0 Å². The fraction of sp³-hybridized carbons (Fsp3) is 0.125. The Labute approximate surface area is 278 Å². The number of tetrazole rings is 1. The van der Waals surface area contributed by atoms with Crippen LogP contribution in [0.3, 0.4) is 0 Å². The zero-order valence-electron chi connectivity index (χ0n) is 26.9. The van der Waals surface area contributed by atoms with E-state index in [0.29, 0.717) is 6.54 Å². The Hall–Kier alpha value is -6.15. The summed E-state index contributed by atoms with van der Waals surface area (Å²) in [5.41, 5.74) is 8.82. The van der Waals surface area contributed by atoms with E-state index in [9.17, 15) is 0 Å². The first-order valence-electron chi connectivity index (χ1n) is 16.3. The Bertz CT molecular complexity index is 2200. The molecule has 0 radical (unpaired) electrons. The summed E-state index contributed by atoms with van der Waals surface area (Å²) < 4.78 is 6.20. The van der Waals surface area contributed by atoms with Gasteiger partial charge in [0.2, 0.25) is 0 Å². The summed E-state index contributed by atoms with van der Waals surface area (Å²) in [5.74, 6) is 1.58. The van der Waals surface area contributed by atoms with Gasteiger partial charge in [0, 0.05) is 34.9 Å². The van der Waals surface area contributed by atoms with Crippen molar-refractivity contribution in [3.8, 4) is 22.5 Å². The van der Waals surface area contributed by atoms with Crippen molar-refractivity contribution in [1.82, 2.24) is 34.9 Å². The molecule has 8 rings (SSSR count). The van der Waals surface area contributed by atoms with E-state index < -0.39 is 5.54 Å². The van der Waals surface area contributed by atoms with Crippen molar-refractivity contribution in [2.24, 2.45) is 0 Å². The molecule has 0 bridgehead atoms. The van der Waals surface area contributed by atoms with Gasteiger partial charge in [-0.1, -0.05) is 146 Å². The monoisotopic (exact) mass is 627 g/mol. The van der Waals surface area contributed by atoms with Gasteiger partial charge in [-0.3, -0.25) is 4.68 Å². The molecule has 48 heavy (non-hydrogen) atoms. The van der Waals surface area contributed by atoms with Crippen molar-refractivity contribution in [2.75, 3.05) is 0 Å². The second-order valence-electron chi connectivity index (χ2n) is 12.0. The number of aryl methyl sites for hydroxylation is 2. The van der Waals surface area contributed by atoms with Crippen molar-refractivity contribution in [3.63, 3.8) is 0 Å². The molecule has 8 heteroatoms. The summed E-state index contributed by atoms with van der Waals surface area (Å²) in [6, 6.07) is 50.9. The van der Waals surface area contributed by atoms with E-state index in [-0.39, 0.29) is 0 Å². The molecule has 3 aromatic heterocycles. The molecule has 0 spiro atoms. The van der Waals surface area contributed by atoms with Crippen LogP contribution in [-0.4, -0.2) is 34.9 Å². The number of H-pyrrole nitrogens is 1. The standard InChI is InChI=1S/C40H34N8/c1-3-37-41-38-27-29(2)46(48(38)43-37)28-30-23-25-31(26-24-30)35-21-13-14-22-36(35)39-42-44-45-47(39)40(32-15-7-4-8-16-32,33-17-9-5-10-18-33)34-19-11-6-12-20-34/h4-27H,3,28H2,1-2H3/p+1. The highest BCUT2D eigenvalue weighted by Crippen LogP contribution is 2.38. The van der Waals surface area contributed by atoms with E-state index in [1.54, 1.807) is 0 Å². The van der Waals surface area contributed by atoms with Gasteiger partial charge in [-0.2, -0.15) is 4.63 Å². The second-order valence-corrected chi connectivity index (χ2v) is 12.0. The van der Waals surface area contributed by atoms with E-state index in [1.807, 2.05) is 4.63 Å². The molecule has 8 aromatic rings. The zero-order chi connectivity index (χ0) is 32.5. The average Bonchev–Trinajstić information content (AvgIpc) is 3.87. The second kappa shape index (κ2) is 12.2. The molecule has 8 nitrogen and oxygen atoms in total. The van der Waals surface area contributed by atoms with Crippen LogP contribution in [0.2, 0.25) is 0 Å². The molecule has 234 valence electrons. The van der Waals surface area contributed by atoms with E-state index in [0.717, 1.165) is 62.8 Å². The lowest BCUT2D eigenvalue weighted by Crippen LogP contribution is -2.61. The Balaban J connectivity index is 1.24. The van der Waals surface area contributed by atoms with Crippen LogP contribution < -0.4 is 4.68 Å². The SMILES string of the molecule is CCc1nc2cc(C)n(Cc3ccc(-c4ccccc4-c4nn[nH][n+]4C(c4ccccc4)(c4ccccc4)c4ccccc4)cc3)n2n1. The number of aromatic amines is 1. The molecule has 0 aliphatic rings. The van der Waals surface area contributed by atoms with Crippen molar-refractivity contribution < 1.29 is 4.68 Å². The minimum atomic E-state index is -0.779. The summed E-state index contributed by atoms with van der Waals surface area (Å²) in [4.78, 5) is 4.64. The maximum Gasteiger partial charge on any atom is 0.334 e. The first-order valence-corrected chi connectivity index (χ1v) is 16.3. The smallest absolute Gasteiger partial charge is 0.263 e. The fourth-order valence-corrected chi connectivity index (χ4v) is 6.81. The molecule has 0 fully saturated rings. The summed E-state index contributed by atoms with van der Waals surface area (Å²) in [5, 5.41) is 17.2. The molecule has 0 saturated carbocycles. The lowest BCUT2D eigenvalue weighted by molar-refractivity contribution is -0.779. The van der Waals surface area contributed by atoms with E-state index in [2.05, 4.69) is 184 Å². The molecule has 0 atom stereocenters. The van der Waals surface area contributed by atoms with Gasteiger partial charge in [-0.15, -0.1) is 9.78 Å². The van der Waals surface area contributed by atoms with Gasteiger partial charge >= 0.3 is 5.82 Å². The molecule has 3 heterocycles. The first-order chi connectivity index (χ1) is 23.7. The largest absolute Gasteiger partial charge is 0.334 e. The number of nitrogens with one attached hydrogen (secondary N) is 1. The normalized spacial score (nSPS) is 11.7. The maximum absolute atomic E-state index is 4.77. The van der Waals surface area contributed by atoms with E-state index >= 15 is 0 Å². The predicted molar refractivity (Wildman–Crippen MR) is 186 cm³/mol. The van der Waals surface area contributed by atoms with Crippen molar-refractivity contribution in [1.29, 1.82) is 0 Å². The summed E-state index contributed by atoms with van der Waals surface area (Å²) in [6.07, 6.45) is 0.809. The number of rotatable bonds is 9. The number of hydrogen-bond acceptors (Lipinski definition) is 4. The molecule has 1 N–H and O–H groups in total. The lowest BCUT2D eigenvalue weighted by atomic mass is 9.77. The van der Waals surface area contributed by atoms with Crippen molar-refractivity contribution in [2.45, 2.75) is 32.4 Å². The van der Waals surface area contributed by atoms with Crippen LogP contribution in [0.1, 0.15) is 40.7 Å². The van der Waals surface area contributed by atoms with Gasteiger partial charge in [0.05, 0.1) is 12.1 Å². The Morgan fingerprint density at radius 3 is 1.83 bits per heavy atom. The highest BCUT2D eigenvalue weighted by molar-refractivity contribution is 5.79. The third kappa shape index (κ3) is 4.89. The van der Waals surface area contributed by atoms with Gasteiger partial charge in [-0.25, -0.2) is 4.98 Å². The molecule has 0 aliphatic heterocycles. The summed E-state index contributed by atoms with van der Waals surface area (Å²) in [7, 11) is 0. The van der Waals surface area contributed by atoms with Gasteiger partial charge in [0.1, 0.15) is 5.10 Å². The molecule has 0 saturated heterocycles. The quantitative estimate of drug-likeness (QED) is 0.138. The zero-order valence-corrected chi connectivity index (χ0v) is 26.9. The molecular weight excluding hydrogens is 592 g/mol. The predicted octanol–water partition coefficient (Wildman–Crippen LogP) is 7.03. The lowest BCUT2D eigenvalue weighted by Gasteiger charge is -2.33. The third-order valence-electron chi connectivity index (χ3n) is 9.13. The average molecular weight is 628 g/mol. The minimum Gasteiger partial charge on any atom is -0.263 e. The highest BCUT2D eigenvalue weighted by Gasteiger charge is 2.46. The molecule has 0 aliphatic carbocycles. The van der Waals surface area contributed by atoms with Crippen LogP contribution in [0, 0.1) is 6.92 Å². The van der Waals surface area contributed by atoms with E-state index in [4.69, 9.17) is 10.2 Å². The van der Waals surface area contributed by atoms with Crippen LogP contribution in [0.15, 0.2) is 146 Å². The Morgan fingerprint density at radius 2 is 1.25 bits per heavy atom. The van der Waals surface area contributed by atoms with E-state index in [1.165, 1.54) is 5.56 Å². The number of aromatic nitrogens is 8. The van der Waals surface area contributed by atoms with Crippen LogP contribution in [-0.2, 0) is 18.5 Å². The topological polar surface area (TPSA) is 80.6 Å². The number of nitrogens with zero attached hydrogens (tertiary/aromatic N) is 7. The van der Waals surface area contributed by atoms with Crippen LogP contribution in [0.25, 0.3) is 28.2 Å². The third-order valence-corrected chi connectivity index (χ3v) is 9.13. The maximum atomic E-state index is 4.77. The fourth-order valence-electron chi connectivity index (χ4n) is 6.81. The molecule has 5 aromatic carbocycles. The van der Waals surface area contributed by atoms with Gasteiger partial charge in [0.25, 0.3) is 0 Å². The number of fused-ring (bicyclic) bond motifs is 1. The minimum absolute atomic E-state index is 0.695. The first kappa shape index (κ1) is 29.3. The van der Waals surface area contributed by atoms with Crippen molar-refractivity contribution in [3.05, 3.63) is 179 Å². The molecule has 0 amide bonds. The van der Waals surface area contributed by atoms with Gasteiger partial charge in [0.15, 0.2) is 22.2 Å². The van der Waals surface area contributed by atoms with Crippen LogP contribution in [0.5, 0.6) is 0 Å². The number of benzene rings is 5. The van der Waals surface area contributed by atoms with Crippen molar-refractivity contribution >= 4 is 5.65 Å². The van der Waals surface area contributed by atoms with Crippen LogP contribution in [0.4, 0.5) is 0 Å². The highest BCUT2D eigenvalue weighted by atomic mass is 15.6. The molecular formula is C40H35N8+. The summed E-state index contributed by atoms with van der Waals surface area (Å²) >= 11 is 0. The number of hydrogen-bond donors (Lipinski definition) is 1.